The number of hydrogen-bond donors (Lipinski definition) is 0. The van der Waals surface area contributed by atoms with Gasteiger partial charge in [0, 0.05) is 26.5 Å². The molecule has 1 heterocycles. The highest BCUT2D eigenvalue weighted by molar-refractivity contribution is 9.10. The van der Waals surface area contributed by atoms with E-state index in [0.29, 0.717) is 33.5 Å². The predicted molar refractivity (Wildman–Crippen MR) is 83.2 cm³/mol. The molecule has 0 N–H and O–H groups in total. The normalized spacial score (nSPS) is 12.9. The highest BCUT2D eigenvalue weighted by atomic mass is 79.9. The van der Waals surface area contributed by atoms with Crippen LogP contribution in [0.1, 0.15) is 21.5 Å². The minimum atomic E-state index is -0.145. The van der Waals surface area contributed by atoms with Crippen LogP contribution in [0.25, 0.3) is 0 Å². The van der Waals surface area contributed by atoms with Gasteiger partial charge in [-0.3, -0.25) is 4.79 Å². The topological polar surface area (TPSA) is 26.3 Å². The molecule has 2 nitrogen and oxygen atoms in total. The Morgan fingerprint density at radius 2 is 1.80 bits per heavy atom. The van der Waals surface area contributed by atoms with Crippen LogP contribution < -0.4 is 4.74 Å². The molecular weight excluding hydrogens is 363 g/mol. The largest absolute Gasteiger partial charge is 0.492 e. The molecule has 0 radical (unpaired) electrons. The number of hydrogen-bond acceptors (Lipinski definition) is 2. The van der Waals surface area contributed by atoms with E-state index in [4.69, 9.17) is 27.9 Å². The number of halogens is 3. The molecule has 20 heavy (non-hydrogen) atoms. The van der Waals surface area contributed by atoms with Crippen LogP contribution in [0.2, 0.25) is 10.0 Å². The van der Waals surface area contributed by atoms with Crippen LogP contribution >= 0.6 is 39.1 Å². The van der Waals surface area contributed by atoms with Crippen LogP contribution in [0.5, 0.6) is 5.75 Å². The number of ether oxygens (including phenoxy) is 1. The van der Waals surface area contributed by atoms with Crippen molar-refractivity contribution in [3.05, 3.63) is 61.5 Å². The maximum atomic E-state index is 12.6. The molecule has 2 aromatic rings. The van der Waals surface area contributed by atoms with Crippen LogP contribution in [0.15, 0.2) is 34.8 Å². The Balaban J connectivity index is 2.11. The Morgan fingerprint density at radius 1 is 1.10 bits per heavy atom. The van der Waals surface area contributed by atoms with Crippen molar-refractivity contribution in [2.45, 2.75) is 6.42 Å². The van der Waals surface area contributed by atoms with Gasteiger partial charge in [0.2, 0.25) is 0 Å². The lowest BCUT2D eigenvalue weighted by Crippen LogP contribution is -2.04. The summed E-state index contributed by atoms with van der Waals surface area (Å²) in [5.74, 6) is 0.517. The maximum Gasteiger partial charge on any atom is 0.196 e. The Hall–Kier alpha value is -1.03. The Kier molecular flexibility index (Phi) is 3.76. The van der Waals surface area contributed by atoms with Gasteiger partial charge >= 0.3 is 0 Å². The van der Waals surface area contributed by atoms with Crippen molar-refractivity contribution < 1.29 is 9.53 Å². The highest BCUT2D eigenvalue weighted by Crippen LogP contribution is 2.35. The maximum absolute atomic E-state index is 12.6. The fourth-order valence-electron chi connectivity index (χ4n) is 2.28. The first-order valence-electron chi connectivity index (χ1n) is 6.00. The molecule has 0 bridgehead atoms. The third kappa shape index (κ3) is 2.58. The fraction of sp³-hybridized carbons (Fsp3) is 0.133. The quantitative estimate of drug-likeness (QED) is 0.700. The van der Waals surface area contributed by atoms with E-state index in [1.807, 2.05) is 6.07 Å². The average Bonchev–Trinajstić information content (AvgIpc) is 2.83. The lowest BCUT2D eigenvalue weighted by atomic mass is 10.00. The van der Waals surface area contributed by atoms with Crippen molar-refractivity contribution in [3.63, 3.8) is 0 Å². The van der Waals surface area contributed by atoms with Gasteiger partial charge in [0.05, 0.1) is 12.2 Å². The summed E-state index contributed by atoms with van der Waals surface area (Å²) in [5, 5.41) is 0.877. The Morgan fingerprint density at radius 3 is 2.50 bits per heavy atom. The first-order chi connectivity index (χ1) is 9.54. The zero-order chi connectivity index (χ0) is 14.3. The number of rotatable bonds is 2. The van der Waals surface area contributed by atoms with E-state index in [9.17, 15) is 4.79 Å². The van der Waals surface area contributed by atoms with Crippen LogP contribution in [-0.2, 0) is 6.42 Å². The molecule has 0 aromatic heterocycles. The minimum absolute atomic E-state index is 0.145. The molecule has 2 aromatic carbocycles. The van der Waals surface area contributed by atoms with Crippen molar-refractivity contribution in [3.8, 4) is 5.75 Å². The van der Waals surface area contributed by atoms with Crippen molar-refractivity contribution in [1.29, 1.82) is 0 Å². The molecule has 0 saturated heterocycles. The summed E-state index contributed by atoms with van der Waals surface area (Å²) in [5.41, 5.74) is 2.03. The van der Waals surface area contributed by atoms with Gasteiger partial charge in [-0.1, -0.05) is 39.1 Å². The zero-order valence-electron chi connectivity index (χ0n) is 10.3. The summed E-state index contributed by atoms with van der Waals surface area (Å²) in [4.78, 5) is 12.6. The average molecular weight is 372 g/mol. The summed E-state index contributed by atoms with van der Waals surface area (Å²) in [7, 11) is 0. The number of carbonyl (C=O) groups is 1. The molecule has 5 heteroatoms. The summed E-state index contributed by atoms with van der Waals surface area (Å²) >= 11 is 15.3. The second kappa shape index (κ2) is 5.40. The predicted octanol–water partition coefficient (Wildman–Crippen LogP) is 4.92. The molecular formula is C15H9BrCl2O2. The molecule has 0 unspecified atom stereocenters. The first-order valence-corrected chi connectivity index (χ1v) is 7.55. The van der Waals surface area contributed by atoms with Gasteiger partial charge in [-0.15, -0.1) is 0 Å². The van der Waals surface area contributed by atoms with Gasteiger partial charge in [0.1, 0.15) is 5.75 Å². The molecule has 0 amide bonds. The number of carbonyl (C=O) groups excluding carboxylic acids is 1. The second-order valence-corrected chi connectivity index (χ2v) is 6.32. The molecule has 3 rings (SSSR count). The number of ketones is 1. The van der Waals surface area contributed by atoms with Crippen molar-refractivity contribution in [2.24, 2.45) is 0 Å². The third-order valence-electron chi connectivity index (χ3n) is 3.12. The first kappa shape index (κ1) is 13.9. The van der Waals surface area contributed by atoms with E-state index in [-0.39, 0.29) is 5.78 Å². The van der Waals surface area contributed by atoms with E-state index >= 15 is 0 Å². The monoisotopic (exact) mass is 370 g/mol. The van der Waals surface area contributed by atoms with Crippen molar-refractivity contribution in [1.82, 2.24) is 0 Å². The molecule has 0 aliphatic carbocycles. The molecule has 1 aliphatic rings. The standard InChI is InChI=1S/C15H9BrCl2O2/c16-10-3-8-1-2-20-15(8)13(6-10)14(19)9-4-11(17)7-12(18)5-9/h3-7H,1-2H2. The van der Waals surface area contributed by atoms with E-state index in [1.165, 1.54) is 0 Å². The van der Waals surface area contributed by atoms with Crippen LogP contribution in [0, 0.1) is 0 Å². The minimum Gasteiger partial charge on any atom is -0.492 e. The smallest absolute Gasteiger partial charge is 0.196 e. The van der Waals surface area contributed by atoms with Gasteiger partial charge < -0.3 is 4.74 Å². The SMILES string of the molecule is O=C(c1cc(Cl)cc(Cl)c1)c1cc(Br)cc2c1OCC2. The van der Waals surface area contributed by atoms with E-state index in [2.05, 4.69) is 15.9 Å². The second-order valence-electron chi connectivity index (χ2n) is 4.53. The van der Waals surface area contributed by atoms with Gasteiger partial charge in [-0.05, 0) is 35.9 Å². The van der Waals surface area contributed by atoms with Crippen LogP contribution in [-0.4, -0.2) is 12.4 Å². The van der Waals surface area contributed by atoms with E-state index in [1.54, 1.807) is 24.3 Å². The number of benzene rings is 2. The lowest BCUT2D eigenvalue weighted by molar-refractivity contribution is 0.103. The molecule has 0 atom stereocenters. The van der Waals surface area contributed by atoms with Crippen molar-refractivity contribution in [2.75, 3.05) is 6.61 Å². The molecule has 102 valence electrons. The Labute approximate surface area is 134 Å². The summed E-state index contributed by atoms with van der Waals surface area (Å²) < 4.78 is 6.44. The van der Waals surface area contributed by atoms with Crippen LogP contribution in [0.3, 0.4) is 0 Å². The van der Waals surface area contributed by atoms with E-state index < -0.39 is 0 Å². The summed E-state index contributed by atoms with van der Waals surface area (Å²) in [6.07, 6.45) is 0.811. The van der Waals surface area contributed by atoms with Gasteiger partial charge in [0.25, 0.3) is 0 Å². The highest BCUT2D eigenvalue weighted by Gasteiger charge is 2.23. The summed E-state index contributed by atoms with van der Waals surface area (Å²) in [6.45, 7) is 0.600. The summed E-state index contributed by atoms with van der Waals surface area (Å²) in [6, 6.07) is 8.56. The fourth-order valence-corrected chi connectivity index (χ4v) is 3.31. The number of fused-ring (bicyclic) bond motifs is 1. The molecule has 0 spiro atoms. The van der Waals surface area contributed by atoms with Crippen LogP contribution in [0.4, 0.5) is 0 Å². The molecule has 0 saturated carbocycles. The van der Waals surface area contributed by atoms with Gasteiger partial charge in [0.15, 0.2) is 5.78 Å². The Bertz CT molecular complexity index is 693. The molecule has 1 aliphatic heterocycles. The third-order valence-corrected chi connectivity index (χ3v) is 4.01. The molecule has 0 fully saturated rings. The lowest BCUT2D eigenvalue weighted by Gasteiger charge is -2.09. The van der Waals surface area contributed by atoms with Gasteiger partial charge in [-0.25, -0.2) is 0 Å². The van der Waals surface area contributed by atoms with Crippen molar-refractivity contribution >= 4 is 44.9 Å². The van der Waals surface area contributed by atoms with E-state index in [0.717, 1.165) is 16.5 Å². The van der Waals surface area contributed by atoms with Gasteiger partial charge in [-0.2, -0.15) is 0 Å². The zero-order valence-corrected chi connectivity index (χ0v) is 13.3.